The Morgan fingerprint density at radius 3 is 2.00 bits per heavy atom. The Hall–Kier alpha value is -5.00. The summed E-state index contributed by atoms with van der Waals surface area (Å²) >= 11 is 0. The molecule has 250 valence electrons. The van der Waals surface area contributed by atoms with Gasteiger partial charge >= 0.3 is 0 Å². The molecule has 6 rings (SSSR count). The fraction of sp³-hybridized carbons (Fsp3) is 0.351. The SMILES string of the molecule is O=C1C[C@@H](N2CCNCC2)C(=O)NC[C@@H](Cc2ccccc2)NC(=O)[C@H](Cc2ccccc2)NC(=O)[C@H](Cc2c[nH]c3ccccc23)N1. The zero-order valence-corrected chi connectivity index (χ0v) is 26.9. The van der Waals surface area contributed by atoms with E-state index in [0.29, 0.717) is 32.6 Å². The Morgan fingerprint density at radius 2 is 1.27 bits per heavy atom. The number of amides is 4. The number of H-pyrrole nitrogens is 1. The van der Waals surface area contributed by atoms with E-state index in [2.05, 4.69) is 31.6 Å². The minimum Gasteiger partial charge on any atom is -0.361 e. The van der Waals surface area contributed by atoms with Crippen LogP contribution in [-0.4, -0.2) is 90.4 Å². The molecule has 48 heavy (non-hydrogen) atoms. The molecular weight excluding hydrogens is 606 g/mol. The lowest BCUT2D eigenvalue weighted by atomic mass is 10.00. The highest BCUT2D eigenvalue weighted by Gasteiger charge is 2.34. The second kappa shape index (κ2) is 15.7. The Labute approximate surface area is 280 Å². The van der Waals surface area contributed by atoms with Crippen molar-refractivity contribution in [1.29, 1.82) is 0 Å². The third-order valence-electron chi connectivity index (χ3n) is 9.13. The van der Waals surface area contributed by atoms with Crippen LogP contribution >= 0.6 is 0 Å². The lowest BCUT2D eigenvalue weighted by molar-refractivity contribution is -0.135. The fourth-order valence-corrected chi connectivity index (χ4v) is 6.59. The van der Waals surface area contributed by atoms with Crippen molar-refractivity contribution in [3.05, 3.63) is 108 Å². The molecule has 11 heteroatoms. The van der Waals surface area contributed by atoms with E-state index in [0.717, 1.165) is 27.6 Å². The molecule has 3 heterocycles. The third kappa shape index (κ3) is 8.47. The van der Waals surface area contributed by atoms with Crippen molar-refractivity contribution in [2.24, 2.45) is 0 Å². The first kappa shape index (κ1) is 32.9. The minimum atomic E-state index is -0.988. The molecule has 2 aliphatic heterocycles. The van der Waals surface area contributed by atoms with Gasteiger partial charge in [0.2, 0.25) is 23.6 Å². The molecule has 0 saturated carbocycles. The van der Waals surface area contributed by atoms with Crippen LogP contribution in [0.15, 0.2) is 91.1 Å². The molecule has 4 amide bonds. The van der Waals surface area contributed by atoms with E-state index in [9.17, 15) is 19.2 Å². The Morgan fingerprint density at radius 1 is 0.646 bits per heavy atom. The van der Waals surface area contributed by atoms with E-state index in [1.165, 1.54) is 0 Å². The predicted molar refractivity (Wildman–Crippen MR) is 184 cm³/mol. The van der Waals surface area contributed by atoms with E-state index < -0.39 is 36.0 Å². The number of nitrogens with zero attached hydrogens (tertiary/aromatic N) is 1. The number of nitrogens with one attached hydrogen (secondary N) is 6. The average molecular weight is 650 g/mol. The Kier molecular flexibility index (Phi) is 10.8. The third-order valence-corrected chi connectivity index (χ3v) is 9.13. The lowest BCUT2D eigenvalue weighted by Crippen LogP contribution is -2.60. The molecule has 4 aromatic rings. The molecule has 0 spiro atoms. The van der Waals surface area contributed by atoms with Gasteiger partial charge in [0.15, 0.2) is 0 Å². The molecule has 6 N–H and O–H groups in total. The summed E-state index contributed by atoms with van der Waals surface area (Å²) in [6.07, 6.45) is 2.66. The highest BCUT2D eigenvalue weighted by molar-refractivity contribution is 5.95. The number of carbonyl (C=O) groups excluding carboxylic acids is 4. The number of aromatic amines is 1. The van der Waals surface area contributed by atoms with Crippen molar-refractivity contribution >= 4 is 34.5 Å². The van der Waals surface area contributed by atoms with Gasteiger partial charge < -0.3 is 31.6 Å². The second-order valence-corrected chi connectivity index (χ2v) is 12.6. The van der Waals surface area contributed by atoms with E-state index in [1.807, 2.05) is 96.0 Å². The largest absolute Gasteiger partial charge is 0.361 e. The number of aromatic nitrogens is 1. The monoisotopic (exact) mass is 649 g/mol. The van der Waals surface area contributed by atoms with Crippen molar-refractivity contribution < 1.29 is 19.2 Å². The van der Waals surface area contributed by atoms with Crippen LogP contribution in [0.3, 0.4) is 0 Å². The highest BCUT2D eigenvalue weighted by atomic mass is 16.2. The molecule has 2 fully saturated rings. The van der Waals surface area contributed by atoms with Gasteiger partial charge in [-0.05, 0) is 29.2 Å². The Balaban J connectivity index is 1.33. The maximum Gasteiger partial charge on any atom is 0.243 e. The highest BCUT2D eigenvalue weighted by Crippen LogP contribution is 2.20. The van der Waals surface area contributed by atoms with Gasteiger partial charge in [-0.15, -0.1) is 0 Å². The van der Waals surface area contributed by atoms with Crippen LogP contribution < -0.4 is 26.6 Å². The quantitative estimate of drug-likeness (QED) is 0.179. The van der Waals surface area contributed by atoms with Crippen LogP contribution in [0.2, 0.25) is 0 Å². The molecule has 1 aromatic heterocycles. The normalized spacial score (nSPS) is 23.4. The summed E-state index contributed by atoms with van der Waals surface area (Å²) in [5.41, 5.74) is 3.65. The summed E-state index contributed by atoms with van der Waals surface area (Å²) in [4.78, 5) is 61.0. The first-order valence-corrected chi connectivity index (χ1v) is 16.7. The van der Waals surface area contributed by atoms with E-state index in [1.54, 1.807) is 0 Å². The average Bonchev–Trinajstić information content (AvgIpc) is 3.52. The van der Waals surface area contributed by atoms with Crippen molar-refractivity contribution in [3.8, 4) is 0 Å². The van der Waals surface area contributed by atoms with Gasteiger partial charge in [0, 0.05) is 62.7 Å². The zero-order chi connectivity index (χ0) is 33.3. The van der Waals surface area contributed by atoms with Crippen LogP contribution in [0.4, 0.5) is 0 Å². The van der Waals surface area contributed by atoms with Gasteiger partial charge in [-0.25, -0.2) is 0 Å². The summed E-state index contributed by atoms with van der Waals surface area (Å²) in [6, 6.07) is 23.9. The molecule has 4 atom stereocenters. The number of carbonyl (C=O) groups is 4. The smallest absolute Gasteiger partial charge is 0.243 e. The maximum atomic E-state index is 14.1. The molecule has 2 aliphatic rings. The van der Waals surface area contributed by atoms with Gasteiger partial charge in [0.05, 0.1) is 18.5 Å². The number of hydrogen-bond donors (Lipinski definition) is 6. The number of piperazine rings is 1. The summed E-state index contributed by atoms with van der Waals surface area (Å²) in [7, 11) is 0. The lowest BCUT2D eigenvalue weighted by Gasteiger charge is -2.34. The van der Waals surface area contributed by atoms with Gasteiger partial charge in [0.25, 0.3) is 0 Å². The first-order valence-electron chi connectivity index (χ1n) is 16.7. The molecule has 0 bridgehead atoms. The number of hydrogen-bond acceptors (Lipinski definition) is 6. The standard InChI is InChI=1S/C37H43N7O4/c45-34-22-33(44-17-15-38-16-18-44)37(48)40-24-28(19-25-9-3-1-4-10-25)41-35(46)31(20-26-11-5-2-6-12-26)43-36(47)32(42-34)21-27-23-39-30-14-8-7-13-29(27)30/h1-14,23,28,31-33,38-39H,15-22,24H2,(H,40,48)(H,41,46)(H,42,45)(H,43,47)/t28-,31+,32+,33-/m1/s1. The van der Waals surface area contributed by atoms with Crippen LogP contribution in [0.1, 0.15) is 23.1 Å². The zero-order valence-electron chi connectivity index (χ0n) is 26.9. The van der Waals surface area contributed by atoms with Crippen molar-refractivity contribution in [2.75, 3.05) is 32.7 Å². The number of rotatable bonds is 7. The molecule has 3 aromatic carbocycles. The number of benzene rings is 3. The maximum absolute atomic E-state index is 14.1. The minimum absolute atomic E-state index is 0.105. The van der Waals surface area contributed by atoms with Gasteiger partial charge in [-0.3, -0.25) is 24.1 Å². The summed E-state index contributed by atoms with van der Waals surface area (Å²) in [5.74, 6) is -1.52. The van der Waals surface area contributed by atoms with E-state index in [4.69, 9.17) is 0 Å². The van der Waals surface area contributed by atoms with Crippen molar-refractivity contribution in [1.82, 2.24) is 36.5 Å². The molecule has 0 radical (unpaired) electrons. The van der Waals surface area contributed by atoms with E-state index >= 15 is 0 Å². The van der Waals surface area contributed by atoms with Crippen molar-refractivity contribution in [3.63, 3.8) is 0 Å². The topological polar surface area (TPSA) is 147 Å². The summed E-state index contributed by atoms with van der Waals surface area (Å²) < 4.78 is 0. The Bertz CT molecular complexity index is 1700. The van der Waals surface area contributed by atoms with Crippen LogP contribution in [0.25, 0.3) is 10.9 Å². The first-order chi connectivity index (χ1) is 23.4. The van der Waals surface area contributed by atoms with Gasteiger partial charge in [0.1, 0.15) is 12.1 Å². The van der Waals surface area contributed by atoms with Crippen LogP contribution in [0.5, 0.6) is 0 Å². The predicted octanol–water partition coefficient (Wildman–Crippen LogP) is 1.44. The molecular formula is C37H43N7O4. The van der Waals surface area contributed by atoms with Crippen LogP contribution in [-0.2, 0) is 38.4 Å². The van der Waals surface area contributed by atoms with Gasteiger partial charge in [-0.2, -0.15) is 0 Å². The number of para-hydroxylation sites is 1. The van der Waals surface area contributed by atoms with Gasteiger partial charge in [-0.1, -0.05) is 78.9 Å². The molecule has 11 nitrogen and oxygen atoms in total. The summed E-state index contributed by atoms with van der Waals surface area (Å²) in [5, 5.41) is 16.3. The van der Waals surface area contributed by atoms with Crippen molar-refractivity contribution in [2.45, 2.75) is 49.9 Å². The molecule has 0 aliphatic carbocycles. The van der Waals surface area contributed by atoms with E-state index in [-0.39, 0.29) is 37.6 Å². The fourth-order valence-electron chi connectivity index (χ4n) is 6.59. The second-order valence-electron chi connectivity index (χ2n) is 12.6. The molecule has 2 saturated heterocycles. The summed E-state index contributed by atoms with van der Waals surface area (Å²) in [6.45, 7) is 2.78. The van der Waals surface area contributed by atoms with Crippen LogP contribution in [0, 0.1) is 0 Å². The molecule has 0 unspecified atom stereocenters. The number of fused-ring (bicyclic) bond motifs is 1.